The summed E-state index contributed by atoms with van der Waals surface area (Å²) in [5.74, 6) is -0.596. The van der Waals surface area contributed by atoms with Crippen molar-refractivity contribution in [3.05, 3.63) is 0 Å². The van der Waals surface area contributed by atoms with Gasteiger partial charge >= 0.3 is 0 Å². The summed E-state index contributed by atoms with van der Waals surface area (Å²) in [6.07, 6.45) is 4.23. The van der Waals surface area contributed by atoms with Gasteiger partial charge in [0.2, 0.25) is 5.91 Å². The maximum Gasteiger partial charge on any atom is 0.282 e. The highest BCUT2D eigenvalue weighted by Gasteiger charge is 2.39. The third kappa shape index (κ3) is 3.94. The van der Waals surface area contributed by atoms with E-state index in [9.17, 15) is 13.2 Å². The molecule has 0 aliphatic carbocycles. The first kappa shape index (κ1) is 16.7. The fourth-order valence-electron chi connectivity index (χ4n) is 3.20. The Kier molecular flexibility index (Phi) is 5.59. The van der Waals surface area contributed by atoms with E-state index in [1.807, 2.05) is 6.92 Å². The van der Waals surface area contributed by atoms with Crippen LogP contribution in [0.4, 0.5) is 0 Å². The average molecular weight is 318 g/mol. The highest BCUT2D eigenvalue weighted by atomic mass is 32.2. The van der Waals surface area contributed by atoms with E-state index in [0.717, 1.165) is 32.4 Å². The van der Waals surface area contributed by atoms with Crippen molar-refractivity contribution in [3.63, 3.8) is 0 Å². The minimum atomic E-state index is -3.63. The van der Waals surface area contributed by atoms with Crippen molar-refractivity contribution < 1.29 is 13.2 Å². The van der Waals surface area contributed by atoms with E-state index in [1.165, 1.54) is 4.31 Å². The number of amides is 1. The first-order valence-corrected chi connectivity index (χ1v) is 9.10. The van der Waals surface area contributed by atoms with Crippen LogP contribution in [-0.4, -0.2) is 61.2 Å². The topological polar surface area (TPSA) is 95.7 Å². The summed E-state index contributed by atoms with van der Waals surface area (Å²) in [4.78, 5) is 11.3. The molecule has 2 aliphatic rings. The van der Waals surface area contributed by atoms with Gasteiger partial charge in [0.1, 0.15) is 0 Å². The Morgan fingerprint density at radius 2 is 1.95 bits per heavy atom. The summed E-state index contributed by atoms with van der Waals surface area (Å²) in [5.41, 5.74) is 5.28. The Bertz CT molecular complexity index is 462. The molecule has 2 saturated heterocycles. The van der Waals surface area contributed by atoms with E-state index >= 15 is 0 Å². The summed E-state index contributed by atoms with van der Waals surface area (Å²) in [5, 5.41) is 3.21. The van der Waals surface area contributed by atoms with Crippen LogP contribution in [0.5, 0.6) is 0 Å². The van der Waals surface area contributed by atoms with Crippen LogP contribution >= 0.6 is 0 Å². The van der Waals surface area contributed by atoms with E-state index in [4.69, 9.17) is 5.73 Å². The van der Waals surface area contributed by atoms with Gasteiger partial charge in [-0.05, 0) is 45.7 Å². The van der Waals surface area contributed by atoms with E-state index in [1.54, 1.807) is 4.31 Å². The number of nitrogens with zero attached hydrogens (tertiary/aromatic N) is 2. The molecule has 0 bridgehead atoms. The Labute approximate surface area is 127 Å². The molecule has 122 valence electrons. The largest absolute Gasteiger partial charge is 0.369 e. The van der Waals surface area contributed by atoms with Gasteiger partial charge in [-0.1, -0.05) is 6.42 Å². The van der Waals surface area contributed by atoms with Crippen molar-refractivity contribution in [1.29, 1.82) is 0 Å². The van der Waals surface area contributed by atoms with Crippen LogP contribution < -0.4 is 11.1 Å². The molecule has 0 spiro atoms. The third-order valence-corrected chi connectivity index (χ3v) is 6.52. The molecule has 2 heterocycles. The molecular weight excluding hydrogens is 292 g/mol. The molecule has 0 aromatic carbocycles. The van der Waals surface area contributed by atoms with Crippen LogP contribution in [0.3, 0.4) is 0 Å². The molecule has 1 unspecified atom stereocenters. The maximum absolute atomic E-state index is 13.0. The van der Waals surface area contributed by atoms with Crippen LogP contribution in [-0.2, 0) is 15.0 Å². The van der Waals surface area contributed by atoms with E-state index in [0.29, 0.717) is 19.4 Å². The highest BCUT2D eigenvalue weighted by molar-refractivity contribution is 7.86. The second-order valence-electron chi connectivity index (χ2n) is 5.96. The molecule has 0 saturated carbocycles. The predicted octanol–water partition coefficient (Wildman–Crippen LogP) is -0.355. The quantitative estimate of drug-likeness (QED) is 0.724. The normalized spacial score (nSPS) is 26.1. The smallest absolute Gasteiger partial charge is 0.282 e. The fraction of sp³-hybridized carbons (Fsp3) is 0.923. The summed E-state index contributed by atoms with van der Waals surface area (Å²) >= 11 is 0. The minimum absolute atomic E-state index is 0.0131. The van der Waals surface area contributed by atoms with Crippen LogP contribution in [0.25, 0.3) is 0 Å². The lowest BCUT2D eigenvalue weighted by molar-refractivity contribution is -0.118. The summed E-state index contributed by atoms with van der Waals surface area (Å²) in [6, 6.07) is -0.154. The number of primary amides is 1. The molecular formula is C13H26N4O3S. The van der Waals surface area contributed by atoms with Crippen LogP contribution in [0.15, 0.2) is 0 Å². The first-order chi connectivity index (χ1) is 9.93. The van der Waals surface area contributed by atoms with Gasteiger partial charge in [-0.2, -0.15) is 17.0 Å². The molecule has 7 nitrogen and oxygen atoms in total. The molecule has 2 fully saturated rings. The summed E-state index contributed by atoms with van der Waals surface area (Å²) < 4.78 is 28.8. The molecule has 1 atom stereocenters. The Balaban J connectivity index is 2.22. The summed E-state index contributed by atoms with van der Waals surface area (Å²) in [7, 11) is -3.63. The Morgan fingerprint density at radius 3 is 2.52 bits per heavy atom. The van der Waals surface area contributed by atoms with Gasteiger partial charge in [-0.15, -0.1) is 0 Å². The number of hydrogen-bond donors (Lipinski definition) is 2. The van der Waals surface area contributed by atoms with Gasteiger partial charge in [-0.25, -0.2) is 0 Å². The number of nitrogens with one attached hydrogen (secondary N) is 1. The lowest BCUT2D eigenvalue weighted by Crippen LogP contribution is -2.56. The van der Waals surface area contributed by atoms with Crippen LogP contribution in [0.2, 0.25) is 0 Å². The fourth-order valence-corrected chi connectivity index (χ4v) is 5.26. The van der Waals surface area contributed by atoms with Gasteiger partial charge in [0.25, 0.3) is 10.2 Å². The van der Waals surface area contributed by atoms with Gasteiger partial charge in [0.15, 0.2) is 0 Å². The van der Waals surface area contributed by atoms with Gasteiger partial charge in [0, 0.05) is 18.6 Å². The van der Waals surface area contributed by atoms with Crippen molar-refractivity contribution >= 4 is 16.1 Å². The molecule has 0 radical (unpaired) electrons. The van der Waals surface area contributed by atoms with E-state index in [-0.39, 0.29) is 18.6 Å². The van der Waals surface area contributed by atoms with Crippen molar-refractivity contribution in [3.8, 4) is 0 Å². The zero-order chi connectivity index (χ0) is 15.5. The number of rotatable bonds is 5. The third-order valence-electron chi connectivity index (χ3n) is 4.36. The number of carbonyl (C=O) groups is 1. The zero-order valence-electron chi connectivity index (χ0n) is 12.6. The lowest BCUT2D eigenvalue weighted by atomic mass is 10.1. The van der Waals surface area contributed by atoms with E-state index in [2.05, 4.69) is 5.32 Å². The first-order valence-electron chi connectivity index (χ1n) is 7.70. The highest BCUT2D eigenvalue weighted by Crippen LogP contribution is 2.25. The maximum atomic E-state index is 13.0. The Morgan fingerprint density at radius 1 is 1.29 bits per heavy atom. The van der Waals surface area contributed by atoms with E-state index < -0.39 is 16.1 Å². The second-order valence-corrected chi connectivity index (χ2v) is 7.79. The molecule has 8 heteroatoms. The Hall–Kier alpha value is -0.700. The molecule has 3 N–H and O–H groups in total. The van der Waals surface area contributed by atoms with Crippen molar-refractivity contribution in [2.75, 3.05) is 26.2 Å². The minimum Gasteiger partial charge on any atom is -0.369 e. The molecule has 0 aromatic rings. The predicted molar refractivity (Wildman–Crippen MR) is 80.7 cm³/mol. The number of carbonyl (C=O) groups excluding carboxylic acids is 1. The standard InChI is InChI=1S/C13H26N4O3S/c1-11-4-2-3-9-16(11)21(19,20)17(10-13(14)18)12-5-7-15-8-6-12/h11-12,15H,2-10H2,1H3,(H2,14,18). The molecule has 0 aromatic heterocycles. The van der Waals surface area contributed by atoms with Crippen molar-refractivity contribution in [1.82, 2.24) is 13.9 Å². The van der Waals surface area contributed by atoms with Gasteiger partial charge < -0.3 is 11.1 Å². The van der Waals surface area contributed by atoms with Crippen molar-refractivity contribution in [2.45, 2.75) is 51.1 Å². The van der Waals surface area contributed by atoms with Crippen LogP contribution in [0.1, 0.15) is 39.0 Å². The van der Waals surface area contributed by atoms with Crippen LogP contribution in [0, 0.1) is 0 Å². The number of hydrogen-bond acceptors (Lipinski definition) is 4. The molecule has 2 rings (SSSR count). The zero-order valence-corrected chi connectivity index (χ0v) is 13.4. The lowest BCUT2D eigenvalue weighted by Gasteiger charge is -2.40. The molecule has 21 heavy (non-hydrogen) atoms. The van der Waals surface area contributed by atoms with Crippen molar-refractivity contribution in [2.24, 2.45) is 5.73 Å². The molecule has 2 aliphatic heterocycles. The number of piperidine rings is 2. The van der Waals surface area contributed by atoms with Gasteiger partial charge in [-0.3, -0.25) is 4.79 Å². The second kappa shape index (κ2) is 7.04. The monoisotopic (exact) mass is 318 g/mol. The summed E-state index contributed by atoms with van der Waals surface area (Å²) in [6.45, 7) is 3.78. The number of nitrogens with two attached hydrogens (primary N) is 1. The SMILES string of the molecule is CC1CCCCN1S(=O)(=O)N(CC(N)=O)C1CCNCC1. The molecule has 1 amide bonds. The average Bonchev–Trinajstić information content (AvgIpc) is 2.45. The van der Waals surface area contributed by atoms with Gasteiger partial charge in [0.05, 0.1) is 6.54 Å².